The molecule has 1 aromatic heterocycles. The molecule has 0 spiro atoms. The van der Waals surface area contributed by atoms with Crippen LogP contribution in [0, 0.1) is 11.8 Å². The molecule has 0 fully saturated rings. The van der Waals surface area contributed by atoms with Crippen molar-refractivity contribution in [3.8, 4) is 0 Å². The summed E-state index contributed by atoms with van der Waals surface area (Å²) in [6.45, 7) is 10.1. The molecule has 2 unspecified atom stereocenters. The molecule has 0 radical (unpaired) electrons. The Morgan fingerprint density at radius 2 is 1.94 bits per heavy atom. The standard InChI is InChI=1S/C15H27N3/c1-5-6-17-14(10-13(4)9-12(2)3)15-11-16-7-8-18-15/h7-8,11-14,17H,5-6,9-10H2,1-4H3. The van der Waals surface area contributed by atoms with Gasteiger partial charge in [0.25, 0.3) is 0 Å². The highest BCUT2D eigenvalue weighted by Gasteiger charge is 2.16. The fourth-order valence-corrected chi connectivity index (χ4v) is 2.42. The van der Waals surface area contributed by atoms with Crippen LogP contribution in [0.1, 0.15) is 58.7 Å². The maximum Gasteiger partial charge on any atom is 0.0756 e. The normalized spacial score (nSPS) is 14.7. The summed E-state index contributed by atoms with van der Waals surface area (Å²) < 4.78 is 0. The Morgan fingerprint density at radius 3 is 2.50 bits per heavy atom. The number of nitrogens with zero attached hydrogens (tertiary/aromatic N) is 2. The number of hydrogen-bond donors (Lipinski definition) is 1. The van der Waals surface area contributed by atoms with Gasteiger partial charge < -0.3 is 5.32 Å². The third kappa shape index (κ3) is 5.58. The van der Waals surface area contributed by atoms with Crippen LogP contribution < -0.4 is 5.32 Å². The lowest BCUT2D eigenvalue weighted by molar-refractivity contribution is 0.352. The molecule has 0 saturated carbocycles. The summed E-state index contributed by atoms with van der Waals surface area (Å²) in [4.78, 5) is 8.62. The maximum absolute atomic E-state index is 4.44. The van der Waals surface area contributed by atoms with E-state index in [1.54, 1.807) is 12.4 Å². The number of nitrogens with one attached hydrogen (secondary N) is 1. The van der Waals surface area contributed by atoms with E-state index in [-0.39, 0.29) is 0 Å². The summed E-state index contributed by atoms with van der Waals surface area (Å²) in [6.07, 6.45) is 8.95. The first-order valence-electron chi connectivity index (χ1n) is 7.12. The van der Waals surface area contributed by atoms with Gasteiger partial charge in [-0.1, -0.05) is 27.7 Å². The molecular formula is C15H27N3. The quantitative estimate of drug-likeness (QED) is 0.765. The second kappa shape index (κ2) is 8.20. The van der Waals surface area contributed by atoms with Crippen molar-refractivity contribution in [2.24, 2.45) is 11.8 Å². The Kier molecular flexibility index (Phi) is 6.88. The lowest BCUT2D eigenvalue weighted by atomic mass is 9.91. The minimum absolute atomic E-state index is 0.340. The third-order valence-corrected chi connectivity index (χ3v) is 3.09. The molecule has 3 heteroatoms. The minimum atomic E-state index is 0.340. The summed E-state index contributed by atoms with van der Waals surface area (Å²) in [7, 11) is 0. The first-order chi connectivity index (χ1) is 8.63. The van der Waals surface area contributed by atoms with Crippen molar-refractivity contribution in [3.63, 3.8) is 0 Å². The van der Waals surface area contributed by atoms with E-state index in [1.165, 1.54) is 6.42 Å². The lowest BCUT2D eigenvalue weighted by Crippen LogP contribution is -2.25. The summed E-state index contributed by atoms with van der Waals surface area (Å²) >= 11 is 0. The van der Waals surface area contributed by atoms with E-state index in [0.717, 1.165) is 31.0 Å². The fourth-order valence-electron chi connectivity index (χ4n) is 2.42. The Morgan fingerprint density at radius 1 is 1.17 bits per heavy atom. The van der Waals surface area contributed by atoms with Crippen LogP contribution in [0.5, 0.6) is 0 Å². The Hall–Kier alpha value is -0.960. The van der Waals surface area contributed by atoms with Crippen LogP contribution in [0.15, 0.2) is 18.6 Å². The zero-order valence-electron chi connectivity index (χ0n) is 12.2. The van der Waals surface area contributed by atoms with Gasteiger partial charge in [-0.25, -0.2) is 0 Å². The molecule has 1 heterocycles. The molecule has 0 aromatic carbocycles. The van der Waals surface area contributed by atoms with E-state index >= 15 is 0 Å². The van der Waals surface area contributed by atoms with Crippen LogP contribution in [0.25, 0.3) is 0 Å². The first-order valence-corrected chi connectivity index (χ1v) is 7.12. The highest BCUT2D eigenvalue weighted by molar-refractivity contribution is 5.02. The topological polar surface area (TPSA) is 37.8 Å². The molecule has 1 aromatic rings. The summed E-state index contributed by atoms with van der Waals surface area (Å²) in [6, 6.07) is 0.340. The molecule has 0 aliphatic rings. The van der Waals surface area contributed by atoms with Gasteiger partial charge in [-0.2, -0.15) is 0 Å². The van der Waals surface area contributed by atoms with Crippen LogP contribution in [-0.2, 0) is 0 Å². The van der Waals surface area contributed by atoms with Crippen molar-refractivity contribution in [2.45, 2.75) is 53.0 Å². The molecule has 1 rings (SSSR count). The molecule has 0 aliphatic heterocycles. The number of hydrogen-bond acceptors (Lipinski definition) is 3. The van der Waals surface area contributed by atoms with Crippen LogP contribution >= 0.6 is 0 Å². The van der Waals surface area contributed by atoms with Crippen molar-refractivity contribution in [3.05, 3.63) is 24.3 Å². The molecule has 3 nitrogen and oxygen atoms in total. The average molecular weight is 249 g/mol. The maximum atomic E-state index is 4.44. The Bertz CT molecular complexity index is 311. The van der Waals surface area contributed by atoms with Crippen molar-refractivity contribution in [2.75, 3.05) is 6.54 Å². The van der Waals surface area contributed by atoms with Crippen LogP contribution in [0.3, 0.4) is 0 Å². The average Bonchev–Trinajstić information content (AvgIpc) is 2.34. The van der Waals surface area contributed by atoms with Crippen LogP contribution in [0.2, 0.25) is 0 Å². The highest BCUT2D eigenvalue weighted by Crippen LogP contribution is 2.23. The monoisotopic (exact) mass is 249 g/mol. The molecule has 0 bridgehead atoms. The van der Waals surface area contributed by atoms with Gasteiger partial charge in [0.1, 0.15) is 0 Å². The zero-order chi connectivity index (χ0) is 13.4. The van der Waals surface area contributed by atoms with Gasteiger partial charge in [-0.3, -0.25) is 9.97 Å². The summed E-state index contributed by atoms with van der Waals surface area (Å²) in [5, 5.41) is 3.59. The second-order valence-corrected chi connectivity index (χ2v) is 5.61. The minimum Gasteiger partial charge on any atom is -0.309 e. The Balaban J connectivity index is 2.61. The van der Waals surface area contributed by atoms with Crippen molar-refractivity contribution < 1.29 is 0 Å². The lowest BCUT2D eigenvalue weighted by Gasteiger charge is -2.22. The number of rotatable bonds is 8. The Labute approximate surface area is 111 Å². The molecule has 0 saturated heterocycles. The van der Waals surface area contributed by atoms with Crippen molar-refractivity contribution >= 4 is 0 Å². The van der Waals surface area contributed by atoms with Crippen LogP contribution in [0.4, 0.5) is 0 Å². The van der Waals surface area contributed by atoms with E-state index in [0.29, 0.717) is 12.0 Å². The highest BCUT2D eigenvalue weighted by atomic mass is 14.9. The SMILES string of the molecule is CCCNC(CC(C)CC(C)C)c1cnccn1. The molecule has 102 valence electrons. The van der Waals surface area contributed by atoms with E-state index in [2.05, 4.69) is 43.0 Å². The third-order valence-electron chi connectivity index (χ3n) is 3.09. The van der Waals surface area contributed by atoms with Gasteiger partial charge in [0.2, 0.25) is 0 Å². The molecule has 0 amide bonds. The largest absolute Gasteiger partial charge is 0.309 e. The zero-order valence-corrected chi connectivity index (χ0v) is 12.2. The van der Waals surface area contributed by atoms with Crippen molar-refractivity contribution in [1.82, 2.24) is 15.3 Å². The second-order valence-electron chi connectivity index (χ2n) is 5.61. The molecule has 18 heavy (non-hydrogen) atoms. The predicted octanol–water partition coefficient (Wildman–Crippen LogP) is 3.59. The fraction of sp³-hybridized carbons (Fsp3) is 0.733. The van der Waals surface area contributed by atoms with E-state index < -0.39 is 0 Å². The van der Waals surface area contributed by atoms with Gasteiger partial charge in [0.15, 0.2) is 0 Å². The van der Waals surface area contributed by atoms with E-state index in [4.69, 9.17) is 0 Å². The number of aromatic nitrogens is 2. The van der Waals surface area contributed by atoms with E-state index in [1.807, 2.05) is 6.20 Å². The van der Waals surface area contributed by atoms with Crippen molar-refractivity contribution in [1.29, 1.82) is 0 Å². The van der Waals surface area contributed by atoms with E-state index in [9.17, 15) is 0 Å². The predicted molar refractivity (Wildman–Crippen MR) is 76.3 cm³/mol. The van der Waals surface area contributed by atoms with Gasteiger partial charge >= 0.3 is 0 Å². The summed E-state index contributed by atoms with van der Waals surface area (Å²) in [5.41, 5.74) is 1.07. The van der Waals surface area contributed by atoms with Gasteiger partial charge in [-0.15, -0.1) is 0 Å². The molecule has 1 N–H and O–H groups in total. The van der Waals surface area contributed by atoms with Gasteiger partial charge in [-0.05, 0) is 37.6 Å². The summed E-state index contributed by atoms with van der Waals surface area (Å²) in [5.74, 6) is 1.47. The smallest absolute Gasteiger partial charge is 0.0756 e. The first kappa shape index (κ1) is 15.1. The molecular weight excluding hydrogens is 222 g/mol. The van der Waals surface area contributed by atoms with Gasteiger partial charge in [0, 0.05) is 18.6 Å². The molecule has 2 atom stereocenters. The molecule has 0 aliphatic carbocycles. The van der Waals surface area contributed by atoms with Gasteiger partial charge in [0.05, 0.1) is 11.7 Å². The van der Waals surface area contributed by atoms with Crippen LogP contribution in [-0.4, -0.2) is 16.5 Å².